The van der Waals surface area contributed by atoms with Crippen molar-refractivity contribution in [3.05, 3.63) is 34.1 Å². The summed E-state index contributed by atoms with van der Waals surface area (Å²) in [5.74, 6) is -0.175. The minimum Gasteiger partial charge on any atom is -0.350 e. The van der Waals surface area contributed by atoms with Crippen molar-refractivity contribution in [3.8, 4) is 0 Å². The van der Waals surface area contributed by atoms with Gasteiger partial charge in [0, 0.05) is 33.3 Å². The molecule has 0 atom stereocenters. The van der Waals surface area contributed by atoms with Crippen LogP contribution in [0.25, 0.3) is 0 Å². The predicted octanol–water partition coefficient (Wildman–Crippen LogP) is 1.20. The minimum absolute atomic E-state index is 0.175. The number of aromatic nitrogens is 4. The Labute approximate surface area is 120 Å². The Balaban J connectivity index is 1.92. The van der Waals surface area contributed by atoms with Crippen LogP contribution in [0.2, 0.25) is 0 Å². The second-order valence-corrected chi connectivity index (χ2v) is 5.20. The molecule has 0 aliphatic rings. The van der Waals surface area contributed by atoms with E-state index in [-0.39, 0.29) is 5.91 Å². The van der Waals surface area contributed by atoms with Crippen LogP contribution in [0.5, 0.6) is 0 Å². The first kappa shape index (κ1) is 13.8. The second-order valence-electron chi connectivity index (χ2n) is 4.41. The summed E-state index contributed by atoms with van der Waals surface area (Å²) >= 11 is 3.38. The SMILES string of the molecule is Cc1c(Br)c(C(=O)NCCc2cn(C)cn2)nn1C. The highest BCUT2D eigenvalue weighted by Gasteiger charge is 2.17. The van der Waals surface area contributed by atoms with Crippen molar-refractivity contribution in [2.75, 3.05) is 6.54 Å². The summed E-state index contributed by atoms with van der Waals surface area (Å²) in [7, 11) is 3.73. The lowest BCUT2D eigenvalue weighted by atomic mass is 10.3. The van der Waals surface area contributed by atoms with Gasteiger partial charge in [-0.05, 0) is 22.9 Å². The van der Waals surface area contributed by atoms with Crippen LogP contribution in [0.1, 0.15) is 21.9 Å². The van der Waals surface area contributed by atoms with Crippen molar-refractivity contribution in [2.24, 2.45) is 14.1 Å². The van der Waals surface area contributed by atoms with Gasteiger partial charge >= 0.3 is 0 Å². The van der Waals surface area contributed by atoms with Crippen LogP contribution >= 0.6 is 15.9 Å². The summed E-state index contributed by atoms with van der Waals surface area (Å²) in [6, 6.07) is 0. The number of hydrogen-bond acceptors (Lipinski definition) is 3. The number of nitrogens with zero attached hydrogens (tertiary/aromatic N) is 4. The van der Waals surface area contributed by atoms with Crippen LogP contribution in [0, 0.1) is 6.92 Å². The average Bonchev–Trinajstić information content (AvgIpc) is 2.89. The molecule has 0 aromatic carbocycles. The van der Waals surface area contributed by atoms with E-state index in [1.54, 1.807) is 11.0 Å². The molecule has 0 spiro atoms. The molecule has 2 heterocycles. The molecule has 0 radical (unpaired) electrons. The molecule has 0 unspecified atom stereocenters. The van der Waals surface area contributed by atoms with Crippen molar-refractivity contribution < 1.29 is 4.79 Å². The summed E-state index contributed by atoms with van der Waals surface area (Å²) in [5, 5.41) is 7.02. The molecule has 0 aliphatic carbocycles. The van der Waals surface area contributed by atoms with Gasteiger partial charge in [-0.25, -0.2) is 4.98 Å². The quantitative estimate of drug-likeness (QED) is 0.918. The molecule has 2 aromatic rings. The van der Waals surface area contributed by atoms with Crippen molar-refractivity contribution in [3.63, 3.8) is 0 Å². The summed E-state index contributed by atoms with van der Waals surface area (Å²) in [6.07, 6.45) is 4.39. The summed E-state index contributed by atoms with van der Waals surface area (Å²) in [5.41, 5.74) is 2.30. The standard InChI is InChI=1S/C12H16BrN5O/c1-8-10(13)11(16-18(8)3)12(19)14-5-4-9-6-17(2)7-15-9/h6-7H,4-5H2,1-3H3,(H,14,19). The Hall–Kier alpha value is -1.63. The first-order chi connectivity index (χ1) is 8.99. The number of amides is 1. The van der Waals surface area contributed by atoms with Crippen molar-refractivity contribution in [1.82, 2.24) is 24.6 Å². The average molecular weight is 326 g/mol. The Bertz CT molecular complexity index is 601. The first-order valence-electron chi connectivity index (χ1n) is 5.93. The van der Waals surface area contributed by atoms with Gasteiger partial charge < -0.3 is 9.88 Å². The summed E-state index contributed by atoms with van der Waals surface area (Å²) in [6.45, 7) is 2.44. The van der Waals surface area contributed by atoms with Gasteiger partial charge in [0.1, 0.15) is 0 Å². The van der Waals surface area contributed by atoms with Crippen LogP contribution in [0.15, 0.2) is 17.0 Å². The third-order valence-electron chi connectivity index (χ3n) is 2.90. The fourth-order valence-electron chi connectivity index (χ4n) is 1.71. The number of imidazole rings is 1. The molecule has 19 heavy (non-hydrogen) atoms. The number of carbonyl (C=O) groups excluding carboxylic acids is 1. The zero-order valence-electron chi connectivity index (χ0n) is 11.1. The smallest absolute Gasteiger partial charge is 0.272 e. The molecule has 102 valence electrons. The number of aryl methyl sites for hydroxylation is 2. The van der Waals surface area contributed by atoms with E-state index in [2.05, 4.69) is 31.3 Å². The van der Waals surface area contributed by atoms with E-state index < -0.39 is 0 Å². The fraction of sp³-hybridized carbons (Fsp3) is 0.417. The predicted molar refractivity (Wildman–Crippen MR) is 74.9 cm³/mol. The molecule has 2 aromatic heterocycles. The third-order valence-corrected chi connectivity index (χ3v) is 3.85. The largest absolute Gasteiger partial charge is 0.350 e. The number of rotatable bonds is 4. The maximum atomic E-state index is 12.0. The monoisotopic (exact) mass is 325 g/mol. The van der Waals surface area contributed by atoms with Crippen molar-refractivity contribution in [1.29, 1.82) is 0 Å². The molecule has 7 heteroatoms. The minimum atomic E-state index is -0.175. The Morgan fingerprint density at radius 2 is 2.21 bits per heavy atom. The molecule has 0 fully saturated rings. The number of hydrogen-bond donors (Lipinski definition) is 1. The Kier molecular flexibility index (Phi) is 4.04. The van der Waals surface area contributed by atoms with Gasteiger partial charge in [0.25, 0.3) is 5.91 Å². The maximum Gasteiger partial charge on any atom is 0.272 e. The molecule has 0 saturated heterocycles. The molecular weight excluding hydrogens is 310 g/mol. The van der Waals surface area contributed by atoms with Gasteiger partial charge in [-0.3, -0.25) is 9.48 Å². The molecule has 0 bridgehead atoms. The van der Waals surface area contributed by atoms with E-state index in [4.69, 9.17) is 0 Å². The van der Waals surface area contributed by atoms with Crippen LogP contribution < -0.4 is 5.32 Å². The first-order valence-corrected chi connectivity index (χ1v) is 6.72. The highest BCUT2D eigenvalue weighted by atomic mass is 79.9. The summed E-state index contributed by atoms with van der Waals surface area (Å²) in [4.78, 5) is 16.2. The molecule has 0 aliphatic heterocycles. The van der Waals surface area contributed by atoms with Gasteiger partial charge in [-0.15, -0.1) is 0 Å². The van der Waals surface area contributed by atoms with Gasteiger partial charge in [0.05, 0.1) is 22.2 Å². The number of nitrogens with one attached hydrogen (secondary N) is 1. The van der Waals surface area contributed by atoms with E-state index in [1.807, 2.05) is 31.8 Å². The van der Waals surface area contributed by atoms with Crippen LogP contribution in [0.3, 0.4) is 0 Å². The molecule has 2 rings (SSSR count). The molecule has 0 saturated carbocycles. The van der Waals surface area contributed by atoms with E-state index in [0.717, 1.165) is 15.9 Å². The number of halogens is 1. The summed E-state index contributed by atoms with van der Waals surface area (Å²) < 4.78 is 4.30. The molecule has 6 nitrogen and oxygen atoms in total. The Morgan fingerprint density at radius 1 is 1.47 bits per heavy atom. The van der Waals surface area contributed by atoms with Gasteiger partial charge in [-0.2, -0.15) is 5.10 Å². The van der Waals surface area contributed by atoms with Gasteiger partial charge in [-0.1, -0.05) is 0 Å². The third kappa shape index (κ3) is 3.04. The maximum absolute atomic E-state index is 12.0. The highest BCUT2D eigenvalue weighted by Crippen LogP contribution is 2.19. The van der Waals surface area contributed by atoms with Crippen LogP contribution in [-0.2, 0) is 20.5 Å². The molecule has 1 N–H and O–H groups in total. The topological polar surface area (TPSA) is 64.7 Å². The lowest BCUT2D eigenvalue weighted by Gasteiger charge is -2.01. The zero-order valence-corrected chi connectivity index (χ0v) is 12.7. The van der Waals surface area contributed by atoms with Crippen molar-refractivity contribution in [2.45, 2.75) is 13.3 Å². The lowest BCUT2D eigenvalue weighted by Crippen LogP contribution is -2.26. The lowest BCUT2D eigenvalue weighted by molar-refractivity contribution is 0.0947. The van der Waals surface area contributed by atoms with E-state index >= 15 is 0 Å². The molecular formula is C12H16BrN5O. The van der Waals surface area contributed by atoms with Crippen LogP contribution in [0.4, 0.5) is 0 Å². The van der Waals surface area contributed by atoms with E-state index in [0.29, 0.717) is 18.7 Å². The Morgan fingerprint density at radius 3 is 2.74 bits per heavy atom. The van der Waals surface area contributed by atoms with Crippen LogP contribution in [-0.4, -0.2) is 31.8 Å². The normalized spacial score (nSPS) is 10.7. The van der Waals surface area contributed by atoms with Gasteiger partial charge in [0.2, 0.25) is 0 Å². The van der Waals surface area contributed by atoms with Crippen molar-refractivity contribution >= 4 is 21.8 Å². The number of carbonyl (C=O) groups is 1. The van der Waals surface area contributed by atoms with E-state index in [1.165, 1.54) is 0 Å². The van der Waals surface area contributed by atoms with E-state index in [9.17, 15) is 4.79 Å². The van der Waals surface area contributed by atoms with Gasteiger partial charge in [0.15, 0.2) is 5.69 Å². The molecule has 1 amide bonds. The highest BCUT2D eigenvalue weighted by molar-refractivity contribution is 9.10. The fourth-order valence-corrected chi connectivity index (χ4v) is 2.23. The zero-order chi connectivity index (χ0) is 14.0. The second kappa shape index (κ2) is 5.56.